The Balaban J connectivity index is 3.22. The highest BCUT2D eigenvalue weighted by Gasteiger charge is 2.40. The normalized spacial score (nSPS) is 12.2. The van der Waals surface area contributed by atoms with Gasteiger partial charge in [-0.2, -0.15) is 0 Å². The standard InChI is InChI=1S/C16H27OSi/c1-7-12-18(13(2)3,14(4)5)16-10-8-15(17-6)9-11-16/h8-11,13-14H,1,7,12H2,2-6H3. The van der Waals surface area contributed by atoms with Crippen molar-refractivity contribution < 1.29 is 4.74 Å². The van der Waals surface area contributed by atoms with Crippen LogP contribution in [0.2, 0.25) is 17.1 Å². The third-order valence-corrected chi connectivity index (χ3v) is 11.0. The van der Waals surface area contributed by atoms with Crippen molar-refractivity contribution in [2.45, 2.75) is 51.2 Å². The molecule has 0 saturated carbocycles. The molecule has 2 heteroatoms. The van der Waals surface area contributed by atoms with Crippen LogP contribution in [0, 0.1) is 6.92 Å². The summed E-state index contributed by atoms with van der Waals surface area (Å²) in [6.07, 6.45) is 1.04. The third kappa shape index (κ3) is 2.80. The number of methoxy groups -OCH3 is 1. The van der Waals surface area contributed by atoms with Gasteiger partial charge in [0.1, 0.15) is 5.75 Å². The van der Waals surface area contributed by atoms with E-state index in [0.29, 0.717) is 0 Å². The summed E-state index contributed by atoms with van der Waals surface area (Å²) in [5.74, 6) is 0.948. The summed E-state index contributed by atoms with van der Waals surface area (Å²) in [5, 5.41) is 1.55. The van der Waals surface area contributed by atoms with Crippen molar-refractivity contribution in [2.75, 3.05) is 7.11 Å². The lowest BCUT2D eigenvalue weighted by Crippen LogP contribution is -2.52. The molecule has 1 rings (SSSR count). The van der Waals surface area contributed by atoms with Gasteiger partial charge >= 0.3 is 0 Å². The van der Waals surface area contributed by atoms with Gasteiger partial charge in [-0.15, -0.1) is 0 Å². The fourth-order valence-electron chi connectivity index (χ4n) is 3.25. The monoisotopic (exact) mass is 263 g/mol. The van der Waals surface area contributed by atoms with Crippen molar-refractivity contribution in [3.8, 4) is 5.75 Å². The second-order valence-electron chi connectivity index (χ2n) is 5.68. The molecule has 0 aliphatic heterocycles. The minimum atomic E-state index is -1.48. The molecule has 0 N–H and O–H groups in total. The molecular weight excluding hydrogens is 236 g/mol. The largest absolute Gasteiger partial charge is 0.497 e. The Kier molecular flexibility index (Phi) is 5.45. The van der Waals surface area contributed by atoms with Crippen LogP contribution in [0.1, 0.15) is 34.1 Å². The molecule has 0 aliphatic carbocycles. The first-order valence-electron chi connectivity index (χ1n) is 6.92. The van der Waals surface area contributed by atoms with E-state index in [4.69, 9.17) is 4.74 Å². The molecule has 0 bridgehead atoms. The summed E-state index contributed by atoms with van der Waals surface area (Å²) in [6.45, 7) is 13.6. The van der Waals surface area contributed by atoms with Gasteiger partial charge in [0.05, 0.1) is 15.2 Å². The molecule has 0 fully saturated rings. The molecule has 0 aromatic heterocycles. The Bertz CT molecular complexity index is 346. The first-order chi connectivity index (χ1) is 8.48. The lowest BCUT2D eigenvalue weighted by molar-refractivity contribution is 0.415. The fraction of sp³-hybridized carbons (Fsp3) is 0.562. The SMILES string of the molecule is [CH2]CC[Si](c1ccc(OC)cc1)(C(C)C)C(C)C. The van der Waals surface area contributed by atoms with Gasteiger partial charge in [0, 0.05) is 0 Å². The summed E-state index contributed by atoms with van der Waals surface area (Å²) in [4.78, 5) is 0. The van der Waals surface area contributed by atoms with E-state index in [-0.39, 0.29) is 0 Å². The molecule has 0 heterocycles. The zero-order valence-electron chi connectivity index (χ0n) is 12.5. The van der Waals surface area contributed by atoms with Gasteiger partial charge in [-0.3, -0.25) is 0 Å². The Hall–Kier alpha value is -0.763. The summed E-state index contributed by atoms with van der Waals surface area (Å²) in [6, 6.07) is 10.0. The highest BCUT2D eigenvalue weighted by molar-refractivity contribution is 6.94. The second kappa shape index (κ2) is 6.42. The Morgan fingerprint density at radius 2 is 1.56 bits per heavy atom. The van der Waals surface area contributed by atoms with Crippen molar-refractivity contribution in [2.24, 2.45) is 0 Å². The average molecular weight is 263 g/mol. The molecule has 0 amide bonds. The van der Waals surface area contributed by atoms with Crippen LogP contribution in [0.4, 0.5) is 0 Å². The van der Waals surface area contributed by atoms with E-state index in [1.807, 2.05) is 0 Å². The lowest BCUT2D eigenvalue weighted by Gasteiger charge is -2.40. The number of hydrogen-bond donors (Lipinski definition) is 0. The number of benzene rings is 1. The van der Waals surface area contributed by atoms with Crippen LogP contribution >= 0.6 is 0 Å². The van der Waals surface area contributed by atoms with Gasteiger partial charge in [0.25, 0.3) is 0 Å². The highest BCUT2D eigenvalue weighted by Crippen LogP contribution is 2.36. The molecule has 18 heavy (non-hydrogen) atoms. The van der Waals surface area contributed by atoms with Gasteiger partial charge in [0.2, 0.25) is 0 Å². The van der Waals surface area contributed by atoms with Crippen LogP contribution in [0.3, 0.4) is 0 Å². The van der Waals surface area contributed by atoms with Crippen molar-refractivity contribution in [1.29, 1.82) is 0 Å². The molecular formula is C16H27OSi. The maximum absolute atomic E-state index is 5.27. The van der Waals surface area contributed by atoms with Crippen molar-refractivity contribution >= 4 is 13.3 Å². The van der Waals surface area contributed by atoms with Crippen LogP contribution in [0.15, 0.2) is 24.3 Å². The number of rotatable bonds is 6. The quantitative estimate of drug-likeness (QED) is 0.691. The summed E-state index contributed by atoms with van der Waals surface area (Å²) < 4.78 is 5.27. The van der Waals surface area contributed by atoms with Crippen molar-refractivity contribution in [3.05, 3.63) is 31.2 Å². The lowest BCUT2D eigenvalue weighted by atomic mass is 10.3. The molecule has 1 aromatic rings. The molecule has 0 aliphatic rings. The topological polar surface area (TPSA) is 9.23 Å². The van der Waals surface area contributed by atoms with Gasteiger partial charge in [-0.05, 0) is 23.2 Å². The molecule has 0 unspecified atom stereocenters. The minimum absolute atomic E-state index is 0.743. The fourth-order valence-corrected chi connectivity index (χ4v) is 8.73. The summed E-state index contributed by atoms with van der Waals surface area (Å²) >= 11 is 0. The van der Waals surface area contributed by atoms with E-state index in [1.165, 1.54) is 6.04 Å². The predicted molar refractivity (Wildman–Crippen MR) is 83.4 cm³/mol. The van der Waals surface area contributed by atoms with Crippen LogP contribution in [0.25, 0.3) is 0 Å². The van der Waals surface area contributed by atoms with E-state index in [1.54, 1.807) is 12.3 Å². The Morgan fingerprint density at radius 1 is 1.06 bits per heavy atom. The number of hydrogen-bond acceptors (Lipinski definition) is 1. The number of ether oxygens (including phenoxy) is 1. The van der Waals surface area contributed by atoms with Gasteiger partial charge < -0.3 is 4.74 Å². The molecule has 0 saturated heterocycles. The maximum Gasteiger partial charge on any atom is 0.118 e. The van der Waals surface area contributed by atoms with Crippen LogP contribution in [0.5, 0.6) is 5.75 Å². The average Bonchev–Trinajstić information content (AvgIpc) is 2.35. The Labute approximate surface area is 114 Å². The van der Waals surface area contributed by atoms with Crippen LogP contribution in [-0.2, 0) is 0 Å². The molecule has 0 spiro atoms. The van der Waals surface area contributed by atoms with E-state index in [9.17, 15) is 0 Å². The second-order valence-corrected chi connectivity index (χ2v) is 11.1. The molecule has 1 aromatic carbocycles. The summed E-state index contributed by atoms with van der Waals surface area (Å²) in [5.41, 5.74) is 1.49. The maximum atomic E-state index is 5.27. The van der Waals surface area contributed by atoms with Crippen molar-refractivity contribution in [3.63, 3.8) is 0 Å². The van der Waals surface area contributed by atoms with Crippen molar-refractivity contribution in [1.82, 2.24) is 0 Å². The van der Waals surface area contributed by atoms with E-state index < -0.39 is 8.07 Å². The predicted octanol–water partition coefficient (Wildman–Crippen LogP) is 4.40. The van der Waals surface area contributed by atoms with Crippen LogP contribution < -0.4 is 9.92 Å². The minimum Gasteiger partial charge on any atom is -0.497 e. The molecule has 1 radical (unpaired) electrons. The smallest absolute Gasteiger partial charge is 0.118 e. The zero-order chi connectivity index (χ0) is 13.8. The molecule has 101 valence electrons. The first-order valence-corrected chi connectivity index (χ1v) is 9.29. The van der Waals surface area contributed by atoms with E-state index in [2.05, 4.69) is 58.9 Å². The van der Waals surface area contributed by atoms with E-state index in [0.717, 1.165) is 23.3 Å². The van der Waals surface area contributed by atoms with Crippen LogP contribution in [-0.4, -0.2) is 15.2 Å². The molecule has 1 nitrogen and oxygen atoms in total. The third-order valence-electron chi connectivity index (χ3n) is 4.28. The van der Waals surface area contributed by atoms with Gasteiger partial charge in [-0.1, -0.05) is 64.4 Å². The Morgan fingerprint density at radius 3 is 1.89 bits per heavy atom. The summed E-state index contributed by atoms with van der Waals surface area (Å²) in [7, 11) is 0.243. The first kappa shape index (κ1) is 15.3. The van der Waals surface area contributed by atoms with Gasteiger partial charge in [0.15, 0.2) is 0 Å². The van der Waals surface area contributed by atoms with E-state index >= 15 is 0 Å². The highest BCUT2D eigenvalue weighted by atomic mass is 28.3. The zero-order valence-corrected chi connectivity index (χ0v) is 13.5. The molecule has 0 atom stereocenters. The van der Waals surface area contributed by atoms with Gasteiger partial charge in [-0.25, -0.2) is 0 Å².